The van der Waals surface area contributed by atoms with Gasteiger partial charge in [0.05, 0.1) is 11.0 Å². The first-order valence-corrected chi connectivity index (χ1v) is 10.6. The van der Waals surface area contributed by atoms with Gasteiger partial charge in [0.2, 0.25) is 15.9 Å². The second kappa shape index (κ2) is 7.37. The Morgan fingerprint density at radius 1 is 1.19 bits per heavy atom. The average Bonchev–Trinajstić information content (AvgIpc) is 3.13. The summed E-state index contributed by atoms with van der Waals surface area (Å²) >= 11 is 0. The molecule has 0 aromatic heterocycles. The lowest BCUT2D eigenvalue weighted by atomic mass is 9.87. The summed E-state index contributed by atoms with van der Waals surface area (Å²) in [5, 5.41) is 12.2. The number of amides is 1. The van der Waals surface area contributed by atoms with E-state index in [0.29, 0.717) is 37.5 Å². The first kappa shape index (κ1) is 18.9. The van der Waals surface area contributed by atoms with Crippen LogP contribution in [-0.2, 0) is 14.8 Å². The molecule has 1 N–H and O–H groups in total. The first-order chi connectivity index (χ1) is 12.4. The van der Waals surface area contributed by atoms with E-state index in [-0.39, 0.29) is 10.8 Å². The Bertz CT molecular complexity index is 797. The number of sulfonamides is 1. The number of piperidine rings is 1. The molecule has 0 bridgehead atoms. The number of carbonyl (C=O) groups excluding carboxylic acids is 1. The highest BCUT2D eigenvalue weighted by molar-refractivity contribution is 7.89. The number of carbonyl (C=O) groups is 1. The first-order valence-electron chi connectivity index (χ1n) is 9.20. The van der Waals surface area contributed by atoms with E-state index < -0.39 is 15.4 Å². The van der Waals surface area contributed by atoms with Crippen LogP contribution in [0.2, 0.25) is 0 Å². The monoisotopic (exact) mass is 375 g/mol. The Morgan fingerprint density at radius 3 is 2.31 bits per heavy atom. The number of rotatable bonds is 4. The largest absolute Gasteiger partial charge is 0.325 e. The maximum absolute atomic E-state index is 12.7. The molecule has 1 heterocycles. The molecule has 0 radical (unpaired) electrons. The summed E-state index contributed by atoms with van der Waals surface area (Å²) in [6.07, 6.45) is 4.68. The third-order valence-electron chi connectivity index (χ3n) is 5.60. The van der Waals surface area contributed by atoms with Gasteiger partial charge in [-0.1, -0.05) is 19.8 Å². The predicted molar refractivity (Wildman–Crippen MR) is 98.7 cm³/mol. The minimum Gasteiger partial charge on any atom is -0.325 e. The smallest absolute Gasteiger partial charge is 0.244 e. The molecule has 3 rings (SSSR count). The zero-order valence-electron chi connectivity index (χ0n) is 15.1. The standard InChI is InChI=1S/C19H25N3O3S/c1-15-8-12-22(13-9-15)26(24,25)17-6-4-16(5-7-17)21-18(23)19(14-20)10-2-3-11-19/h4-7,15H,2-3,8-13H2,1H3,(H,21,23). The van der Waals surface area contributed by atoms with E-state index in [4.69, 9.17) is 0 Å². The second-order valence-electron chi connectivity index (χ2n) is 7.47. The summed E-state index contributed by atoms with van der Waals surface area (Å²) in [7, 11) is -3.49. The maximum atomic E-state index is 12.7. The van der Waals surface area contributed by atoms with Gasteiger partial charge in [-0.25, -0.2) is 8.42 Å². The molecular formula is C19H25N3O3S. The molecule has 2 fully saturated rings. The van der Waals surface area contributed by atoms with Gasteiger partial charge in [-0.15, -0.1) is 0 Å². The zero-order chi connectivity index (χ0) is 18.8. The summed E-state index contributed by atoms with van der Waals surface area (Å²) in [5.74, 6) is 0.264. The number of hydrogen-bond acceptors (Lipinski definition) is 4. The second-order valence-corrected chi connectivity index (χ2v) is 9.40. The van der Waals surface area contributed by atoms with Gasteiger partial charge in [0.25, 0.3) is 0 Å². The van der Waals surface area contributed by atoms with Crippen molar-refractivity contribution in [2.45, 2.75) is 50.3 Å². The highest BCUT2D eigenvalue weighted by Crippen LogP contribution is 2.38. The van der Waals surface area contributed by atoms with Gasteiger partial charge in [0.1, 0.15) is 5.41 Å². The van der Waals surface area contributed by atoms with Gasteiger partial charge in [-0.3, -0.25) is 4.79 Å². The van der Waals surface area contributed by atoms with E-state index in [0.717, 1.165) is 25.7 Å². The molecule has 0 unspecified atom stereocenters. The quantitative estimate of drug-likeness (QED) is 0.875. The van der Waals surface area contributed by atoms with E-state index >= 15 is 0 Å². The van der Waals surface area contributed by atoms with Gasteiger partial charge >= 0.3 is 0 Å². The summed E-state index contributed by atoms with van der Waals surface area (Å²) < 4.78 is 27.0. The van der Waals surface area contributed by atoms with Crippen LogP contribution >= 0.6 is 0 Å². The average molecular weight is 375 g/mol. The normalized spacial score (nSPS) is 21.2. The molecule has 1 saturated carbocycles. The molecule has 7 heteroatoms. The van der Waals surface area contributed by atoms with Gasteiger partial charge in [-0.2, -0.15) is 9.57 Å². The van der Waals surface area contributed by atoms with Crippen molar-refractivity contribution in [2.75, 3.05) is 18.4 Å². The van der Waals surface area contributed by atoms with Crippen LogP contribution < -0.4 is 5.32 Å². The van der Waals surface area contributed by atoms with Crippen molar-refractivity contribution < 1.29 is 13.2 Å². The molecule has 2 aliphatic rings. The molecule has 1 aliphatic carbocycles. The molecule has 140 valence electrons. The van der Waals surface area contributed by atoms with Gasteiger partial charge in [-0.05, 0) is 55.9 Å². The highest BCUT2D eigenvalue weighted by atomic mass is 32.2. The SMILES string of the molecule is CC1CCN(S(=O)(=O)c2ccc(NC(=O)C3(C#N)CCCC3)cc2)CC1. The minimum absolute atomic E-state index is 0.237. The van der Waals surface area contributed by atoms with Crippen LogP contribution in [0.3, 0.4) is 0 Å². The summed E-state index contributed by atoms with van der Waals surface area (Å²) in [5.41, 5.74) is -0.433. The van der Waals surface area contributed by atoms with E-state index in [1.165, 1.54) is 16.4 Å². The maximum Gasteiger partial charge on any atom is 0.244 e. The number of anilines is 1. The lowest BCUT2D eigenvalue weighted by Gasteiger charge is -2.29. The summed E-state index contributed by atoms with van der Waals surface area (Å²) in [6.45, 7) is 3.24. The summed E-state index contributed by atoms with van der Waals surface area (Å²) in [6, 6.07) is 8.40. The van der Waals surface area contributed by atoms with Crippen molar-refractivity contribution in [1.82, 2.24) is 4.31 Å². The van der Waals surface area contributed by atoms with Gasteiger partial charge in [0.15, 0.2) is 0 Å². The van der Waals surface area contributed by atoms with Crippen LogP contribution in [0.15, 0.2) is 29.2 Å². The Balaban J connectivity index is 1.70. The third-order valence-corrected chi connectivity index (χ3v) is 7.51. The molecule has 6 nitrogen and oxygen atoms in total. The van der Waals surface area contributed by atoms with Gasteiger partial charge < -0.3 is 5.32 Å². The fraction of sp³-hybridized carbons (Fsp3) is 0.579. The molecule has 1 amide bonds. The summed E-state index contributed by atoms with van der Waals surface area (Å²) in [4.78, 5) is 12.7. The van der Waals surface area contributed by atoms with Crippen molar-refractivity contribution in [2.24, 2.45) is 11.3 Å². The van der Waals surface area contributed by atoms with Crippen LogP contribution in [0.4, 0.5) is 5.69 Å². The van der Waals surface area contributed by atoms with E-state index in [9.17, 15) is 18.5 Å². The van der Waals surface area contributed by atoms with Crippen molar-refractivity contribution >= 4 is 21.6 Å². The molecule has 1 saturated heterocycles. The van der Waals surface area contributed by atoms with Crippen LogP contribution in [0.25, 0.3) is 0 Å². The topological polar surface area (TPSA) is 90.3 Å². The lowest BCUT2D eigenvalue weighted by Crippen LogP contribution is -2.37. The number of nitriles is 1. The number of nitrogens with one attached hydrogen (secondary N) is 1. The van der Waals surface area contributed by atoms with Crippen molar-refractivity contribution in [3.05, 3.63) is 24.3 Å². The van der Waals surface area contributed by atoms with Crippen molar-refractivity contribution in [1.29, 1.82) is 5.26 Å². The highest BCUT2D eigenvalue weighted by Gasteiger charge is 2.41. The molecule has 26 heavy (non-hydrogen) atoms. The van der Waals surface area contributed by atoms with Crippen LogP contribution in [0.1, 0.15) is 45.4 Å². The van der Waals surface area contributed by atoms with Gasteiger partial charge in [0, 0.05) is 18.8 Å². The Hall–Kier alpha value is -1.91. The molecule has 1 aromatic rings. The van der Waals surface area contributed by atoms with E-state index in [1.54, 1.807) is 12.1 Å². The Kier molecular flexibility index (Phi) is 5.35. The number of nitrogens with zero attached hydrogens (tertiary/aromatic N) is 2. The van der Waals surface area contributed by atoms with Crippen molar-refractivity contribution in [3.63, 3.8) is 0 Å². The number of hydrogen-bond donors (Lipinski definition) is 1. The van der Waals surface area contributed by atoms with E-state index in [2.05, 4.69) is 18.3 Å². The lowest BCUT2D eigenvalue weighted by molar-refractivity contribution is -0.122. The Morgan fingerprint density at radius 2 is 1.77 bits per heavy atom. The molecule has 0 spiro atoms. The van der Waals surface area contributed by atoms with Crippen LogP contribution in [0.5, 0.6) is 0 Å². The Labute approximate surface area is 155 Å². The van der Waals surface area contributed by atoms with Crippen LogP contribution in [-0.4, -0.2) is 31.7 Å². The zero-order valence-corrected chi connectivity index (χ0v) is 15.9. The third kappa shape index (κ3) is 3.62. The van der Waals surface area contributed by atoms with Crippen LogP contribution in [0, 0.1) is 22.7 Å². The molecule has 0 atom stereocenters. The molecule has 1 aromatic carbocycles. The minimum atomic E-state index is -3.49. The predicted octanol–water partition coefficient (Wildman–Crippen LogP) is 3.13. The molecular weight excluding hydrogens is 350 g/mol. The fourth-order valence-electron chi connectivity index (χ4n) is 3.70. The fourth-order valence-corrected chi connectivity index (χ4v) is 5.17. The van der Waals surface area contributed by atoms with E-state index in [1.807, 2.05) is 0 Å². The number of benzene rings is 1. The molecule has 1 aliphatic heterocycles. The van der Waals surface area contributed by atoms with Crippen molar-refractivity contribution in [3.8, 4) is 6.07 Å².